The van der Waals surface area contributed by atoms with Crippen LogP contribution in [0.5, 0.6) is 0 Å². The van der Waals surface area contributed by atoms with Crippen LogP contribution in [0.4, 0.5) is 5.69 Å². The molecule has 2 rings (SSSR count). The van der Waals surface area contributed by atoms with Crippen LogP contribution in [0.2, 0.25) is 0 Å². The number of carbonyl (C=O) groups excluding carboxylic acids is 1. The number of nitrogens with two attached hydrogens (primary N) is 1. The molecule has 0 radical (unpaired) electrons. The fourth-order valence-corrected chi connectivity index (χ4v) is 1.94. The molecule has 1 saturated heterocycles. The van der Waals surface area contributed by atoms with Crippen molar-refractivity contribution >= 4 is 11.6 Å². The molecule has 2 N–H and O–H groups in total. The van der Waals surface area contributed by atoms with Crippen LogP contribution >= 0.6 is 0 Å². The van der Waals surface area contributed by atoms with E-state index in [0.29, 0.717) is 13.2 Å². The first-order chi connectivity index (χ1) is 7.72. The summed E-state index contributed by atoms with van der Waals surface area (Å²) in [7, 11) is 1.66. The molecule has 1 aliphatic rings. The Kier molecular flexibility index (Phi) is 3.22. The Morgan fingerprint density at radius 3 is 3.00 bits per heavy atom. The second kappa shape index (κ2) is 4.63. The van der Waals surface area contributed by atoms with Crippen LogP contribution < -0.4 is 10.6 Å². The first-order valence-corrected chi connectivity index (χ1v) is 5.37. The third kappa shape index (κ3) is 2.08. The van der Waals surface area contributed by atoms with Crippen molar-refractivity contribution in [2.75, 3.05) is 18.6 Å². The van der Waals surface area contributed by atoms with Crippen molar-refractivity contribution in [2.45, 2.75) is 19.1 Å². The first-order valence-electron chi connectivity index (χ1n) is 5.37. The van der Waals surface area contributed by atoms with E-state index < -0.39 is 0 Å². The molecule has 4 heteroatoms. The summed E-state index contributed by atoms with van der Waals surface area (Å²) >= 11 is 0. The van der Waals surface area contributed by atoms with E-state index >= 15 is 0 Å². The van der Waals surface area contributed by atoms with Crippen LogP contribution in [0, 0.1) is 0 Å². The standard InChI is InChI=1S/C12H16N2O2/c1-16-8-9-3-2-4-10(7-9)14-6-5-11(13)12(14)15/h2-4,7,11H,5-6,8,13H2,1H3. The van der Waals surface area contributed by atoms with E-state index in [1.165, 1.54) is 0 Å². The Balaban J connectivity index is 2.20. The minimum atomic E-state index is -0.342. The Morgan fingerprint density at radius 1 is 1.56 bits per heavy atom. The van der Waals surface area contributed by atoms with Crippen molar-refractivity contribution in [3.8, 4) is 0 Å². The lowest BCUT2D eigenvalue weighted by Gasteiger charge is -2.16. The van der Waals surface area contributed by atoms with Crippen molar-refractivity contribution < 1.29 is 9.53 Å². The van der Waals surface area contributed by atoms with Crippen LogP contribution in [0.15, 0.2) is 24.3 Å². The van der Waals surface area contributed by atoms with Gasteiger partial charge in [0.1, 0.15) is 0 Å². The normalized spacial score (nSPS) is 20.5. The third-order valence-electron chi connectivity index (χ3n) is 2.78. The number of hydrogen-bond donors (Lipinski definition) is 1. The zero-order chi connectivity index (χ0) is 11.5. The zero-order valence-corrected chi connectivity index (χ0v) is 9.35. The summed E-state index contributed by atoms with van der Waals surface area (Å²) in [6.07, 6.45) is 0.730. The Labute approximate surface area is 95.0 Å². The molecule has 0 bridgehead atoms. The number of ether oxygens (including phenoxy) is 1. The van der Waals surface area contributed by atoms with Crippen LogP contribution in [0.3, 0.4) is 0 Å². The highest BCUT2D eigenvalue weighted by atomic mass is 16.5. The van der Waals surface area contributed by atoms with Gasteiger partial charge in [0, 0.05) is 19.3 Å². The molecule has 1 amide bonds. The predicted molar refractivity (Wildman–Crippen MR) is 62.1 cm³/mol. The molecular weight excluding hydrogens is 204 g/mol. The van der Waals surface area contributed by atoms with Gasteiger partial charge in [-0.25, -0.2) is 0 Å². The summed E-state index contributed by atoms with van der Waals surface area (Å²) in [4.78, 5) is 13.5. The van der Waals surface area contributed by atoms with Gasteiger partial charge in [-0.05, 0) is 24.1 Å². The topological polar surface area (TPSA) is 55.6 Å². The summed E-state index contributed by atoms with van der Waals surface area (Å²) in [5.74, 6) is 0.00886. The van der Waals surface area contributed by atoms with Crippen molar-refractivity contribution in [2.24, 2.45) is 5.73 Å². The highest BCUT2D eigenvalue weighted by Gasteiger charge is 2.29. The second-order valence-electron chi connectivity index (χ2n) is 3.99. The number of amides is 1. The summed E-state index contributed by atoms with van der Waals surface area (Å²) in [6.45, 7) is 1.26. The maximum Gasteiger partial charge on any atom is 0.243 e. The quantitative estimate of drug-likeness (QED) is 0.823. The maximum absolute atomic E-state index is 11.7. The molecular formula is C12H16N2O2. The Hall–Kier alpha value is -1.39. The lowest BCUT2D eigenvalue weighted by Crippen LogP contribution is -2.33. The number of anilines is 1. The molecule has 1 unspecified atom stereocenters. The van der Waals surface area contributed by atoms with Gasteiger partial charge in [-0.1, -0.05) is 12.1 Å². The summed E-state index contributed by atoms with van der Waals surface area (Å²) in [5, 5.41) is 0. The van der Waals surface area contributed by atoms with Crippen LogP contribution in [0.1, 0.15) is 12.0 Å². The average molecular weight is 220 g/mol. The number of carbonyl (C=O) groups is 1. The van der Waals surface area contributed by atoms with Crippen molar-refractivity contribution in [3.63, 3.8) is 0 Å². The van der Waals surface area contributed by atoms with E-state index in [1.54, 1.807) is 12.0 Å². The predicted octanol–water partition coefficient (Wildman–Crippen LogP) is 0.897. The maximum atomic E-state index is 11.7. The smallest absolute Gasteiger partial charge is 0.243 e. The SMILES string of the molecule is COCc1cccc(N2CCC(N)C2=O)c1. The highest BCUT2D eigenvalue weighted by molar-refractivity contribution is 5.99. The molecule has 0 spiro atoms. The molecule has 86 valence electrons. The molecule has 1 aromatic carbocycles. The van der Waals surface area contributed by atoms with Gasteiger partial charge in [0.15, 0.2) is 0 Å². The molecule has 0 aliphatic carbocycles. The number of nitrogens with zero attached hydrogens (tertiary/aromatic N) is 1. The van der Waals surface area contributed by atoms with E-state index in [1.807, 2.05) is 24.3 Å². The van der Waals surface area contributed by atoms with Gasteiger partial charge in [-0.3, -0.25) is 4.79 Å². The average Bonchev–Trinajstić information content (AvgIpc) is 2.61. The molecule has 1 atom stereocenters. The first kappa shape index (κ1) is 11.1. The number of hydrogen-bond acceptors (Lipinski definition) is 3. The van der Waals surface area contributed by atoms with E-state index in [4.69, 9.17) is 10.5 Å². The molecule has 0 aromatic heterocycles. The Morgan fingerprint density at radius 2 is 2.38 bits per heavy atom. The molecule has 1 aromatic rings. The molecule has 0 saturated carbocycles. The third-order valence-corrected chi connectivity index (χ3v) is 2.78. The van der Waals surface area contributed by atoms with Crippen LogP contribution in [-0.2, 0) is 16.1 Å². The van der Waals surface area contributed by atoms with E-state index in [-0.39, 0.29) is 11.9 Å². The molecule has 1 aliphatic heterocycles. The van der Waals surface area contributed by atoms with Gasteiger partial charge in [0.25, 0.3) is 0 Å². The number of rotatable bonds is 3. The number of methoxy groups -OCH3 is 1. The van der Waals surface area contributed by atoms with Gasteiger partial charge in [0.2, 0.25) is 5.91 Å². The van der Waals surface area contributed by atoms with Gasteiger partial charge in [-0.2, -0.15) is 0 Å². The van der Waals surface area contributed by atoms with Crippen LogP contribution in [0.25, 0.3) is 0 Å². The van der Waals surface area contributed by atoms with Crippen molar-refractivity contribution in [1.82, 2.24) is 0 Å². The van der Waals surface area contributed by atoms with Gasteiger partial charge in [-0.15, -0.1) is 0 Å². The minimum Gasteiger partial charge on any atom is -0.380 e. The van der Waals surface area contributed by atoms with Gasteiger partial charge in [0.05, 0.1) is 12.6 Å². The molecule has 16 heavy (non-hydrogen) atoms. The largest absolute Gasteiger partial charge is 0.380 e. The summed E-state index contributed by atoms with van der Waals surface area (Å²) in [6, 6.07) is 7.47. The minimum absolute atomic E-state index is 0.00886. The fraction of sp³-hybridized carbons (Fsp3) is 0.417. The van der Waals surface area contributed by atoms with E-state index in [0.717, 1.165) is 17.7 Å². The van der Waals surface area contributed by atoms with E-state index in [2.05, 4.69) is 0 Å². The lowest BCUT2D eigenvalue weighted by atomic mass is 10.2. The van der Waals surface area contributed by atoms with Crippen molar-refractivity contribution in [3.05, 3.63) is 29.8 Å². The zero-order valence-electron chi connectivity index (χ0n) is 9.35. The van der Waals surface area contributed by atoms with Crippen LogP contribution in [-0.4, -0.2) is 25.6 Å². The molecule has 4 nitrogen and oxygen atoms in total. The molecule has 1 fully saturated rings. The van der Waals surface area contributed by atoms with Gasteiger partial charge < -0.3 is 15.4 Å². The van der Waals surface area contributed by atoms with Crippen molar-refractivity contribution in [1.29, 1.82) is 0 Å². The monoisotopic (exact) mass is 220 g/mol. The number of benzene rings is 1. The summed E-state index contributed by atoms with van der Waals surface area (Å²) < 4.78 is 5.07. The molecule has 1 heterocycles. The lowest BCUT2D eigenvalue weighted by molar-refractivity contribution is -0.118. The Bertz CT molecular complexity index is 392. The summed E-state index contributed by atoms with van der Waals surface area (Å²) in [5.41, 5.74) is 7.66. The second-order valence-corrected chi connectivity index (χ2v) is 3.99. The fourth-order valence-electron chi connectivity index (χ4n) is 1.94. The van der Waals surface area contributed by atoms with E-state index in [9.17, 15) is 4.79 Å². The highest BCUT2D eigenvalue weighted by Crippen LogP contribution is 2.22. The van der Waals surface area contributed by atoms with Gasteiger partial charge >= 0.3 is 0 Å².